The molecule has 0 unspecified atom stereocenters. The highest BCUT2D eigenvalue weighted by molar-refractivity contribution is 14.0. The molecule has 1 amide bonds. The molecule has 5 nitrogen and oxygen atoms in total. The number of carbonyl (C=O) groups is 1. The van der Waals surface area contributed by atoms with Crippen molar-refractivity contribution in [3.63, 3.8) is 0 Å². The van der Waals surface area contributed by atoms with E-state index in [2.05, 4.69) is 29.5 Å². The van der Waals surface area contributed by atoms with Crippen LogP contribution in [0.1, 0.15) is 29.8 Å². The van der Waals surface area contributed by atoms with Crippen LogP contribution in [0.25, 0.3) is 0 Å². The summed E-state index contributed by atoms with van der Waals surface area (Å²) in [6.45, 7) is 5.87. The van der Waals surface area contributed by atoms with Gasteiger partial charge in [-0.1, -0.05) is 26.0 Å². The van der Waals surface area contributed by atoms with Gasteiger partial charge >= 0.3 is 0 Å². The fraction of sp³-hybridized carbons (Fsp3) is 0.500. The first-order chi connectivity index (χ1) is 9.93. The summed E-state index contributed by atoms with van der Waals surface area (Å²) in [6, 6.07) is 7.62. The van der Waals surface area contributed by atoms with E-state index in [1.54, 1.807) is 26.0 Å². The SMILES string of the molecule is CN=C(NCc1ccc(C(=O)N(C)C)cc1)NCC(C)C.I. The maximum absolute atomic E-state index is 11.8. The summed E-state index contributed by atoms with van der Waals surface area (Å²) < 4.78 is 0. The van der Waals surface area contributed by atoms with Crippen LogP contribution in [0, 0.1) is 5.92 Å². The molecule has 0 aliphatic carbocycles. The first kappa shape index (κ1) is 20.7. The predicted molar refractivity (Wildman–Crippen MR) is 103 cm³/mol. The average Bonchev–Trinajstić information content (AvgIpc) is 2.47. The fourth-order valence-corrected chi connectivity index (χ4v) is 1.73. The highest BCUT2D eigenvalue weighted by Gasteiger charge is 2.07. The third-order valence-electron chi connectivity index (χ3n) is 2.97. The van der Waals surface area contributed by atoms with E-state index in [1.165, 1.54) is 0 Å². The summed E-state index contributed by atoms with van der Waals surface area (Å²) >= 11 is 0. The van der Waals surface area contributed by atoms with Gasteiger partial charge in [-0.15, -0.1) is 24.0 Å². The Kier molecular flexibility index (Phi) is 9.80. The van der Waals surface area contributed by atoms with E-state index < -0.39 is 0 Å². The average molecular weight is 418 g/mol. The van der Waals surface area contributed by atoms with E-state index in [0.717, 1.165) is 18.1 Å². The number of halogens is 1. The molecule has 0 radical (unpaired) electrons. The van der Waals surface area contributed by atoms with E-state index in [1.807, 2.05) is 24.3 Å². The second kappa shape index (κ2) is 10.4. The molecule has 0 atom stereocenters. The Balaban J connectivity index is 0.00000441. The van der Waals surface area contributed by atoms with Gasteiger partial charge in [0.15, 0.2) is 5.96 Å². The zero-order valence-corrected chi connectivity index (χ0v) is 16.3. The van der Waals surface area contributed by atoms with Crippen molar-refractivity contribution in [1.29, 1.82) is 0 Å². The minimum absolute atomic E-state index is 0. The molecule has 0 saturated heterocycles. The molecule has 0 spiro atoms. The smallest absolute Gasteiger partial charge is 0.253 e. The molecular formula is C16H27IN4O. The third-order valence-corrected chi connectivity index (χ3v) is 2.97. The topological polar surface area (TPSA) is 56.7 Å². The van der Waals surface area contributed by atoms with Crippen LogP contribution < -0.4 is 10.6 Å². The van der Waals surface area contributed by atoms with Crippen molar-refractivity contribution in [2.45, 2.75) is 20.4 Å². The quantitative estimate of drug-likeness (QED) is 0.439. The first-order valence-electron chi connectivity index (χ1n) is 7.19. The zero-order valence-electron chi connectivity index (χ0n) is 14.0. The summed E-state index contributed by atoms with van der Waals surface area (Å²) in [5, 5.41) is 6.52. The summed E-state index contributed by atoms with van der Waals surface area (Å²) in [6.07, 6.45) is 0. The van der Waals surface area contributed by atoms with Gasteiger partial charge in [0.05, 0.1) is 0 Å². The molecule has 0 aliphatic rings. The molecule has 1 aromatic carbocycles. The van der Waals surface area contributed by atoms with E-state index in [4.69, 9.17) is 0 Å². The highest BCUT2D eigenvalue weighted by atomic mass is 127. The van der Waals surface area contributed by atoms with Crippen LogP contribution in [0.3, 0.4) is 0 Å². The molecule has 0 aromatic heterocycles. The summed E-state index contributed by atoms with van der Waals surface area (Å²) in [5.74, 6) is 1.38. The molecule has 0 bridgehead atoms. The van der Waals surface area contributed by atoms with E-state index in [-0.39, 0.29) is 29.9 Å². The monoisotopic (exact) mass is 418 g/mol. The predicted octanol–water partition coefficient (Wildman–Crippen LogP) is 2.33. The van der Waals surface area contributed by atoms with Crippen molar-refractivity contribution < 1.29 is 4.79 Å². The van der Waals surface area contributed by atoms with E-state index in [9.17, 15) is 4.79 Å². The molecule has 1 aromatic rings. The molecule has 0 heterocycles. The molecule has 0 saturated carbocycles. The van der Waals surface area contributed by atoms with Crippen LogP contribution >= 0.6 is 24.0 Å². The molecule has 124 valence electrons. The zero-order chi connectivity index (χ0) is 15.8. The van der Waals surface area contributed by atoms with E-state index >= 15 is 0 Å². The van der Waals surface area contributed by atoms with Gasteiger partial charge in [-0.25, -0.2) is 0 Å². The van der Waals surface area contributed by atoms with Crippen molar-refractivity contribution in [2.24, 2.45) is 10.9 Å². The Morgan fingerprint density at radius 2 is 1.77 bits per heavy atom. The maximum atomic E-state index is 11.8. The Morgan fingerprint density at radius 3 is 2.23 bits per heavy atom. The van der Waals surface area contributed by atoms with Crippen LogP contribution in [0.2, 0.25) is 0 Å². The second-order valence-corrected chi connectivity index (χ2v) is 5.60. The first-order valence-corrected chi connectivity index (χ1v) is 7.19. The number of rotatable bonds is 5. The van der Waals surface area contributed by atoms with Crippen molar-refractivity contribution >= 4 is 35.8 Å². The molecule has 6 heteroatoms. The number of amides is 1. The Bertz CT molecular complexity index is 483. The van der Waals surface area contributed by atoms with Crippen molar-refractivity contribution in [3.8, 4) is 0 Å². The van der Waals surface area contributed by atoms with Crippen LogP contribution in [-0.4, -0.2) is 44.5 Å². The third kappa shape index (κ3) is 7.11. The maximum Gasteiger partial charge on any atom is 0.253 e. The number of carbonyl (C=O) groups excluding carboxylic acids is 1. The van der Waals surface area contributed by atoms with Crippen LogP contribution in [0.15, 0.2) is 29.3 Å². The van der Waals surface area contributed by atoms with E-state index in [0.29, 0.717) is 18.0 Å². The lowest BCUT2D eigenvalue weighted by Gasteiger charge is -2.14. The van der Waals surface area contributed by atoms with Gasteiger partial charge in [-0.2, -0.15) is 0 Å². The van der Waals surface area contributed by atoms with Gasteiger partial charge in [0.25, 0.3) is 5.91 Å². The van der Waals surface area contributed by atoms with Gasteiger partial charge < -0.3 is 15.5 Å². The number of nitrogens with one attached hydrogen (secondary N) is 2. The van der Waals surface area contributed by atoms with Gasteiger partial charge in [0.1, 0.15) is 0 Å². The molecule has 22 heavy (non-hydrogen) atoms. The Hall–Kier alpha value is -1.31. The lowest BCUT2D eigenvalue weighted by atomic mass is 10.1. The number of nitrogens with zero attached hydrogens (tertiary/aromatic N) is 2. The molecular weight excluding hydrogens is 391 g/mol. The lowest BCUT2D eigenvalue weighted by Crippen LogP contribution is -2.38. The molecule has 0 aliphatic heterocycles. The minimum Gasteiger partial charge on any atom is -0.356 e. The van der Waals surface area contributed by atoms with Crippen LogP contribution in [-0.2, 0) is 6.54 Å². The van der Waals surface area contributed by atoms with Crippen molar-refractivity contribution in [1.82, 2.24) is 15.5 Å². The van der Waals surface area contributed by atoms with Crippen LogP contribution in [0.5, 0.6) is 0 Å². The second-order valence-electron chi connectivity index (χ2n) is 5.60. The molecule has 0 fully saturated rings. The highest BCUT2D eigenvalue weighted by Crippen LogP contribution is 2.06. The number of hydrogen-bond acceptors (Lipinski definition) is 2. The Morgan fingerprint density at radius 1 is 1.18 bits per heavy atom. The number of benzene rings is 1. The van der Waals surface area contributed by atoms with Crippen molar-refractivity contribution in [3.05, 3.63) is 35.4 Å². The summed E-state index contributed by atoms with van der Waals surface area (Å²) in [5.41, 5.74) is 1.81. The van der Waals surface area contributed by atoms with Gasteiger partial charge in [0.2, 0.25) is 0 Å². The fourth-order valence-electron chi connectivity index (χ4n) is 1.73. The van der Waals surface area contributed by atoms with Gasteiger partial charge in [0, 0.05) is 39.8 Å². The Labute approximate surface area is 150 Å². The summed E-state index contributed by atoms with van der Waals surface area (Å²) in [4.78, 5) is 17.6. The van der Waals surface area contributed by atoms with Crippen LogP contribution in [0.4, 0.5) is 0 Å². The van der Waals surface area contributed by atoms with Gasteiger partial charge in [-0.3, -0.25) is 9.79 Å². The largest absolute Gasteiger partial charge is 0.356 e. The standard InChI is InChI=1S/C16H26N4O.HI/c1-12(2)10-18-16(17-3)19-11-13-6-8-14(9-7-13)15(21)20(4)5;/h6-9,12H,10-11H2,1-5H3,(H2,17,18,19);1H. The number of guanidine groups is 1. The molecule has 1 rings (SSSR count). The summed E-state index contributed by atoms with van der Waals surface area (Å²) in [7, 11) is 5.26. The minimum atomic E-state index is 0. The normalized spacial score (nSPS) is 10.9. The number of hydrogen-bond donors (Lipinski definition) is 2. The van der Waals surface area contributed by atoms with Gasteiger partial charge in [-0.05, 0) is 23.6 Å². The van der Waals surface area contributed by atoms with Crippen molar-refractivity contribution in [2.75, 3.05) is 27.7 Å². The number of aliphatic imine (C=N–C) groups is 1. The lowest BCUT2D eigenvalue weighted by molar-refractivity contribution is 0.0827. The molecule has 2 N–H and O–H groups in total.